The van der Waals surface area contributed by atoms with Gasteiger partial charge in [-0.05, 0) is 52.4 Å². The normalized spacial score (nSPS) is 12.1. The molecule has 0 spiro atoms. The van der Waals surface area contributed by atoms with E-state index in [1.165, 1.54) is 0 Å². The molecule has 0 bridgehead atoms. The Kier molecular flexibility index (Phi) is 6.07. The summed E-state index contributed by atoms with van der Waals surface area (Å²) in [5, 5.41) is 11.7. The van der Waals surface area contributed by atoms with E-state index in [2.05, 4.69) is 32.9 Å². The number of benzene rings is 2. The van der Waals surface area contributed by atoms with Crippen LogP contribution in [0.2, 0.25) is 0 Å². The first-order chi connectivity index (χ1) is 13.0. The highest BCUT2D eigenvalue weighted by Gasteiger charge is 2.25. The molecule has 8 heteroatoms. The summed E-state index contributed by atoms with van der Waals surface area (Å²) in [4.78, 5) is 28.7. The molecular formula is C19H19IN4O3. The maximum Gasteiger partial charge on any atom is 0.240 e. The Labute approximate surface area is 169 Å². The Morgan fingerprint density at radius 3 is 2.56 bits per heavy atom. The van der Waals surface area contributed by atoms with Crippen molar-refractivity contribution in [2.24, 2.45) is 5.73 Å². The highest BCUT2D eigenvalue weighted by Crippen LogP contribution is 2.27. The third-order valence-electron chi connectivity index (χ3n) is 4.17. The van der Waals surface area contributed by atoms with Gasteiger partial charge in [-0.2, -0.15) is 0 Å². The number of aliphatic hydroxyl groups is 1. The molecule has 140 valence electrons. The molecule has 1 aromatic heterocycles. The Hall–Kier alpha value is -2.46. The van der Waals surface area contributed by atoms with Gasteiger partial charge in [-0.15, -0.1) is 0 Å². The second-order valence-electron chi connectivity index (χ2n) is 6.06. The third-order valence-corrected chi connectivity index (χ3v) is 4.89. The predicted octanol–water partition coefficient (Wildman–Crippen LogP) is 2.23. The zero-order chi connectivity index (χ0) is 19.4. The number of amides is 2. The summed E-state index contributed by atoms with van der Waals surface area (Å²) in [7, 11) is 0. The maximum absolute atomic E-state index is 12.3. The molecule has 1 heterocycles. The number of aromatic nitrogens is 2. The summed E-state index contributed by atoms with van der Waals surface area (Å²) in [5.41, 5.74) is 8.01. The van der Waals surface area contributed by atoms with Crippen LogP contribution in [0.15, 0.2) is 48.5 Å². The first kappa shape index (κ1) is 19.3. The number of carbonyl (C=O) groups is 2. The molecule has 0 aliphatic heterocycles. The van der Waals surface area contributed by atoms with Crippen molar-refractivity contribution in [2.75, 3.05) is 11.9 Å². The molecule has 0 aliphatic rings. The number of nitrogens with one attached hydrogen (secondary N) is 1. The summed E-state index contributed by atoms with van der Waals surface area (Å²) in [6, 6.07) is 14.4. The molecule has 2 aromatic carbocycles. The van der Waals surface area contributed by atoms with E-state index in [0.29, 0.717) is 17.5 Å². The summed E-state index contributed by atoms with van der Waals surface area (Å²) in [6.07, 6.45) is 0.317. The standard InChI is InChI=1S/C19H19IN4O3/c20-13-7-5-12(6-8-13)11-16(18(21)27)24-15-4-2-1-3-14(15)22-19(24)23-17(26)9-10-25/h1-8,16,25H,9-11H2,(H2,21,27)(H,22,23,26). The first-order valence-electron chi connectivity index (χ1n) is 8.41. The minimum Gasteiger partial charge on any atom is -0.396 e. The van der Waals surface area contributed by atoms with E-state index in [-0.39, 0.29) is 24.9 Å². The van der Waals surface area contributed by atoms with Gasteiger partial charge in [-0.1, -0.05) is 24.3 Å². The molecule has 7 nitrogen and oxygen atoms in total. The fourth-order valence-electron chi connectivity index (χ4n) is 2.90. The van der Waals surface area contributed by atoms with Gasteiger partial charge in [0, 0.05) is 9.99 Å². The molecule has 3 aromatic rings. The van der Waals surface area contributed by atoms with Crippen LogP contribution in [0.3, 0.4) is 0 Å². The van der Waals surface area contributed by atoms with E-state index >= 15 is 0 Å². The topological polar surface area (TPSA) is 110 Å². The SMILES string of the molecule is NC(=O)C(Cc1ccc(I)cc1)n1c(NC(=O)CCO)nc2ccccc21. The third kappa shape index (κ3) is 4.45. The van der Waals surface area contributed by atoms with E-state index in [9.17, 15) is 9.59 Å². The van der Waals surface area contributed by atoms with Crippen LogP contribution < -0.4 is 11.1 Å². The van der Waals surface area contributed by atoms with E-state index < -0.39 is 11.9 Å². The van der Waals surface area contributed by atoms with Gasteiger partial charge >= 0.3 is 0 Å². The number of hydrogen-bond acceptors (Lipinski definition) is 4. The second kappa shape index (κ2) is 8.49. The number of aliphatic hydroxyl groups excluding tert-OH is 1. The van der Waals surface area contributed by atoms with Crippen LogP contribution in [-0.2, 0) is 16.0 Å². The van der Waals surface area contributed by atoms with Crippen LogP contribution in [0.4, 0.5) is 5.95 Å². The Morgan fingerprint density at radius 2 is 1.89 bits per heavy atom. The predicted molar refractivity (Wildman–Crippen MR) is 111 cm³/mol. The van der Waals surface area contributed by atoms with Gasteiger partial charge in [-0.3, -0.25) is 19.5 Å². The summed E-state index contributed by atoms with van der Waals surface area (Å²) in [6.45, 7) is -0.270. The fourth-order valence-corrected chi connectivity index (χ4v) is 3.26. The Bertz CT molecular complexity index is 969. The highest BCUT2D eigenvalue weighted by molar-refractivity contribution is 14.1. The molecular weight excluding hydrogens is 459 g/mol. The monoisotopic (exact) mass is 478 g/mol. The van der Waals surface area contributed by atoms with E-state index in [4.69, 9.17) is 10.8 Å². The lowest BCUT2D eigenvalue weighted by atomic mass is 10.1. The maximum atomic E-state index is 12.3. The van der Waals surface area contributed by atoms with Gasteiger partial charge in [-0.25, -0.2) is 4.98 Å². The van der Waals surface area contributed by atoms with Gasteiger partial charge in [0.2, 0.25) is 17.8 Å². The highest BCUT2D eigenvalue weighted by atomic mass is 127. The molecule has 1 unspecified atom stereocenters. The molecule has 4 N–H and O–H groups in total. The minimum absolute atomic E-state index is 0.0540. The molecule has 0 aliphatic carbocycles. The average molecular weight is 478 g/mol. The van der Waals surface area contributed by atoms with Crippen LogP contribution >= 0.6 is 22.6 Å². The number of carbonyl (C=O) groups excluding carboxylic acids is 2. The van der Waals surface area contributed by atoms with Crippen LogP contribution in [-0.4, -0.2) is 33.1 Å². The largest absolute Gasteiger partial charge is 0.396 e. The van der Waals surface area contributed by atoms with Crippen molar-refractivity contribution >= 4 is 51.4 Å². The zero-order valence-electron chi connectivity index (χ0n) is 14.4. The number of fused-ring (bicyclic) bond motifs is 1. The molecule has 27 heavy (non-hydrogen) atoms. The molecule has 0 saturated heterocycles. The number of nitrogens with zero attached hydrogens (tertiary/aromatic N) is 2. The van der Waals surface area contributed by atoms with Gasteiger partial charge in [0.05, 0.1) is 24.1 Å². The molecule has 1 atom stereocenters. The number of hydrogen-bond donors (Lipinski definition) is 3. The van der Waals surface area contributed by atoms with Crippen LogP contribution in [0.5, 0.6) is 0 Å². The molecule has 2 amide bonds. The smallest absolute Gasteiger partial charge is 0.240 e. The van der Waals surface area contributed by atoms with Crippen molar-refractivity contribution in [1.29, 1.82) is 0 Å². The van der Waals surface area contributed by atoms with E-state index in [1.54, 1.807) is 10.6 Å². The lowest BCUT2D eigenvalue weighted by Gasteiger charge is -2.19. The quantitative estimate of drug-likeness (QED) is 0.453. The van der Waals surface area contributed by atoms with Gasteiger partial charge in [0.25, 0.3) is 0 Å². The molecule has 0 saturated carbocycles. The number of primary amides is 1. The Balaban J connectivity index is 2.05. The number of anilines is 1. The van der Waals surface area contributed by atoms with Crippen LogP contribution in [0.25, 0.3) is 11.0 Å². The van der Waals surface area contributed by atoms with E-state index in [0.717, 1.165) is 9.13 Å². The van der Waals surface area contributed by atoms with Crippen LogP contribution in [0, 0.1) is 3.57 Å². The second-order valence-corrected chi connectivity index (χ2v) is 7.31. The Morgan fingerprint density at radius 1 is 1.19 bits per heavy atom. The van der Waals surface area contributed by atoms with Crippen molar-refractivity contribution in [3.8, 4) is 0 Å². The number of halogens is 1. The molecule has 0 fully saturated rings. The summed E-state index contributed by atoms with van der Waals surface area (Å²) in [5.74, 6) is -0.662. The number of rotatable bonds is 7. The van der Waals surface area contributed by atoms with Crippen molar-refractivity contribution in [3.05, 3.63) is 57.7 Å². The first-order valence-corrected chi connectivity index (χ1v) is 9.49. The van der Waals surface area contributed by atoms with Gasteiger partial charge in [0.15, 0.2) is 0 Å². The van der Waals surface area contributed by atoms with Crippen molar-refractivity contribution in [3.63, 3.8) is 0 Å². The summed E-state index contributed by atoms with van der Waals surface area (Å²) < 4.78 is 2.75. The van der Waals surface area contributed by atoms with E-state index in [1.807, 2.05) is 42.5 Å². The zero-order valence-corrected chi connectivity index (χ0v) is 16.6. The summed E-state index contributed by atoms with van der Waals surface area (Å²) >= 11 is 2.22. The van der Waals surface area contributed by atoms with Crippen molar-refractivity contribution in [1.82, 2.24) is 9.55 Å². The van der Waals surface area contributed by atoms with Gasteiger partial charge < -0.3 is 10.8 Å². The van der Waals surface area contributed by atoms with Crippen molar-refractivity contribution < 1.29 is 14.7 Å². The van der Waals surface area contributed by atoms with Crippen LogP contribution in [0.1, 0.15) is 18.0 Å². The van der Waals surface area contributed by atoms with Gasteiger partial charge in [0.1, 0.15) is 6.04 Å². The number of imidazole rings is 1. The molecule has 0 radical (unpaired) electrons. The fraction of sp³-hybridized carbons (Fsp3) is 0.211. The lowest BCUT2D eigenvalue weighted by Crippen LogP contribution is -2.30. The van der Waals surface area contributed by atoms with Crippen molar-refractivity contribution in [2.45, 2.75) is 18.9 Å². The average Bonchev–Trinajstić information content (AvgIpc) is 2.98. The lowest BCUT2D eigenvalue weighted by molar-refractivity contribution is -0.121. The minimum atomic E-state index is -0.720. The number of para-hydroxylation sites is 2. The number of nitrogens with two attached hydrogens (primary N) is 1. The molecule has 3 rings (SSSR count).